The number of fused-ring (bicyclic) bond motifs is 4. The highest BCUT2D eigenvalue weighted by Crippen LogP contribution is 2.54. The van der Waals surface area contributed by atoms with Gasteiger partial charge in [0.1, 0.15) is 23.3 Å². The molecule has 184 valence electrons. The molecule has 1 atom stereocenters. The van der Waals surface area contributed by atoms with E-state index in [4.69, 9.17) is 19.9 Å². The van der Waals surface area contributed by atoms with E-state index in [1.54, 1.807) is 58.0 Å². The summed E-state index contributed by atoms with van der Waals surface area (Å²) in [5.41, 5.74) is 4.72. The molecular weight excluding hydrogens is 454 g/mol. The zero-order valence-corrected chi connectivity index (χ0v) is 20.0. The van der Waals surface area contributed by atoms with Crippen molar-refractivity contribution in [2.75, 3.05) is 24.7 Å². The third-order valence-corrected chi connectivity index (χ3v) is 6.24. The molecule has 0 unspecified atom stereocenters. The van der Waals surface area contributed by atoms with E-state index in [-0.39, 0.29) is 36.0 Å². The number of ether oxygens (including phenoxy) is 3. The zero-order chi connectivity index (χ0) is 25.5. The number of nitrogens with two attached hydrogens (primary N) is 1. The summed E-state index contributed by atoms with van der Waals surface area (Å²) in [5, 5.41) is 0. The summed E-state index contributed by atoms with van der Waals surface area (Å²) in [7, 11) is 0. The molecule has 10 heteroatoms. The molecule has 0 saturated heterocycles. The topological polar surface area (TPSA) is 130 Å². The molecule has 2 aliphatic heterocycles. The number of rotatable bonds is 6. The molecule has 35 heavy (non-hydrogen) atoms. The number of aromatic nitrogens is 1. The maximum absolute atomic E-state index is 14.4. The quantitative estimate of drug-likeness (QED) is 0.615. The average Bonchev–Trinajstić information content (AvgIpc) is 3.03. The minimum Gasteiger partial charge on any atom is -0.465 e. The van der Waals surface area contributed by atoms with Gasteiger partial charge in [0, 0.05) is 29.6 Å². The largest absolute Gasteiger partial charge is 0.465 e. The van der Waals surface area contributed by atoms with E-state index in [1.165, 1.54) is 9.47 Å². The number of nitrogens with zero attached hydrogens (tertiary/aromatic N) is 2. The van der Waals surface area contributed by atoms with Crippen molar-refractivity contribution in [2.24, 2.45) is 5.73 Å². The van der Waals surface area contributed by atoms with E-state index in [1.807, 2.05) is 0 Å². The average molecular weight is 482 g/mol. The lowest BCUT2D eigenvalue weighted by atomic mass is 9.68. The van der Waals surface area contributed by atoms with Gasteiger partial charge >= 0.3 is 11.9 Å². The molecular formula is C25H27N3O7. The molecule has 3 heterocycles. The van der Waals surface area contributed by atoms with Gasteiger partial charge in [0.25, 0.3) is 5.56 Å². The van der Waals surface area contributed by atoms with Crippen LogP contribution < -0.4 is 20.9 Å². The van der Waals surface area contributed by atoms with Crippen molar-refractivity contribution < 1.29 is 28.6 Å². The van der Waals surface area contributed by atoms with Gasteiger partial charge in [-0.25, -0.2) is 4.79 Å². The van der Waals surface area contributed by atoms with Crippen LogP contribution in [0.5, 0.6) is 5.75 Å². The van der Waals surface area contributed by atoms with Gasteiger partial charge in [0.2, 0.25) is 11.8 Å². The smallest absolute Gasteiger partial charge is 0.341 e. The zero-order valence-electron chi connectivity index (χ0n) is 20.0. The van der Waals surface area contributed by atoms with Gasteiger partial charge in [-0.2, -0.15) is 0 Å². The first-order valence-corrected chi connectivity index (χ1v) is 11.4. The van der Waals surface area contributed by atoms with Gasteiger partial charge in [-0.1, -0.05) is 18.2 Å². The molecule has 1 aromatic heterocycles. The van der Waals surface area contributed by atoms with Crippen molar-refractivity contribution in [3.05, 3.63) is 69.0 Å². The molecule has 2 aliphatic rings. The summed E-state index contributed by atoms with van der Waals surface area (Å²) in [6.45, 7) is 6.86. The molecule has 1 spiro atoms. The summed E-state index contributed by atoms with van der Waals surface area (Å²) in [4.78, 5) is 55.1. The number of hydrogen-bond acceptors (Lipinski definition) is 8. The summed E-state index contributed by atoms with van der Waals surface area (Å²) in [6, 6.07) is 8.26. The van der Waals surface area contributed by atoms with Gasteiger partial charge in [-0.15, -0.1) is 0 Å². The van der Waals surface area contributed by atoms with Crippen molar-refractivity contribution in [1.29, 1.82) is 0 Å². The van der Waals surface area contributed by atoms with E-state index in [9.17, 15) is 19.2 Å². The number of esters is 2. The molecule has 10 nitrogen and oxygen atoms in total. The second-order valence-electron chi connectivity index (χ2n) is 8.10. The molecule has 1 aromatic carbocycles. The van der Waals surface area contributed by atoms with Gasteiger partial charge in [-0.3, -0.25) is 19.3 Å². The Morgan fingerprint density at radius 3 is 2.43 bits per heavy atom. The lowest BCUT2D eigenvalue weighted by Gasteiger charge is -2.36. The van der Waals surface area contributed by atoms with Crippen LogP contribution in [0.2, 0.25) is 0 Å². The molecule has 0 radical (unpaired) electrons. The molecule has 4 rings (SSSR count). The highest BCUT2D eigenvalue weighted by atomic mass is 16.5. The minimum absolute atomic E-state index is 0.00795. The number of hydrogen-bond donors (Lipinski definition) is 1. The van der Waals surface area contributed by atoms with Crippen LogP contribution >= 0.6 is 0 Å². The highest BCUT2D eigenvalue weighted by molar-refractivity contribution is 6.19. The minimum atomic E-state index is -1.96. The normalized spacial score (nSPS) is 18.3. The van der Waals surface area contributed by atoms with Crippen molar-refractivity contribution in [1.82, 2.24) is 4.57 Å². The number of pyridine rings is 1. The molecule has 2 aromatic rings. The fourth-order valence-electron chi connectivity index (χ4n) is 4.92. The Kier molecular flexibility index (Phi) is 6.14. The van der Waals surface area contributed by atoms with E-state index < -0.39 is 35.4 Å². The van der Waals surface area contributed by atoms with Crippen LogP contribution in [0, 0.1) is 6.92 Å². The lowest BCUT2D eigenvalue weighted by Crippen LogP contribution is -2.52. The second kappa shape index (κ2) is 8.94. The third kappa shape index (κ3) is 3.39. The van der Waals surface area contributed by atoms with Crippen LogP contribution in [0.1, 0.15) is 37.6 Å². The fraction of sp³-hybridized carbons (Fsp3) is 0.360. The van der Waals surface area contributed by atoms with Gasteiger partial charge < -0.3 is 24.5 Å². The lowest BCUT2D eigenvalue weighted by molar-refractivity contribution is -0.142. The van der Waals surface area contributed by atoms with Crippen LogP contribution in [0.4, 0.5) is 5.69 Å². The molecule has 0 aliphatic carbocycles. The number of carbonyl (C=O) groups excluding carboxylic acids is 3. The molecule has 1 amide bonds. The van der Waals surface area contributed by atoms with Crippen LogP contribution in [0.15, 0.2) is 46.6 Å². The third-order valence-electron chi connectivity index (χ3n) is 6.24. The SMILES string of the molecule is CCOC(=O)CN1C(=O)[C@]2(C(C(=O)OCC)=C(N)Oc3cc(C)n(CC)c(=O)c32)c2ccccc21. The Hall–Kier alpha value is -4.08. The summed E-state index contributed by atoms with van der Waals surface area (Å²) < 4.78 is 17.6. The first-order chi connectivity index (χ1) is 16.7. The predicted octanol–water partition coefficient (Wildman–Crippen LogP) is 1.50. The Balaban J connectivity index is 2.12. The molecule has 0 saturated carbocycles. The number of anilines is 1. The van der Waals surface area contributed by atoms with E-state index >= 15 is 0 Å². The molecule has 0 fully saturated rings. The summed E-state index contributed by atoms with van der Waals surface area (Å²) >= 11 is 0. The number of benzene rings is 1. The van der Waals surface area contributed by atoms with Crippen molar-refractivity contribution in [3.63, 3.8) is 0 Å². The van der Waals surface area contributed by atoms with Crippen LogP contribution in [0.3, 0.4) is 0 Å². The fourth-order valence-corrected chi connectivity index (χ4v) is 4.92. The number of amides is 1. The monoisotopic (exact) mass is 481 g/mol. The van der Waals surface area contributed by atoms with E-state index in [2.05, 4.69) is 0 Å². The van der Waals surface area contributed by atoms with Crippen molar-refractivity contribution in [3.8, 4) is 5.75 Å². The van der Waals surface area contributed by atoms with Crippen LogP contribution in [0.25, 0.3) is 0 Å². The maximum Gasteiger partial charge on any atom is 0.341 e. The Morgan fingerprint density at radius 2 is 1.77 bits per heavy atom. The highest BCUT2D eigenvalue weighted by Gasteiger charge is 2.62. The van der Waals surface area contributed by atoms with Crippen molar-refractivity contribution in [2.45, 2.75) is 39.7 Å². The van der Waals surface area contributed by atoms with Crippen LogP contribution in [-0.4, -0.2) is 42.2 Å². The first kappa shape index (κ1) is 24.1. The second-order valence-corrected chi connectivity index (χ2v) is 8.10. The van der Waals surface area contributed by atoms with E-state index in [0.29, 0.717) is 23.5 Å². The van der Waals surface area contributed by atoms with Gasteiger partial charge in [0.15, 0.2) is 0 Å². The van der Waals surface area contributed by atoms with Crippen molar-refractivity contribution >= 4 is 23.5 Å². The maximum atomic E-state index is 14.4. The standard InChI is InChI=1S/C25H27N3O7/c1-5-27-14(4)12-17-19(22(27)30)25(20(21(26)35-17)23(31)34-7-3)15-10-8-9-11-16(15)28(24(25)32)13-18(29)33-6-2/h8-12H,5-7,13,26H2,1-4H3/t25-/m1/s1. The summed E-state index contributed by atoms with van der Waals surface area (Å²) in [5.74, 6) is -2.48. The Bertz CT molecular complexity index is 1330. The number of para-hydroxylation sites is 1. The van der Waals surface area contributed by atoms with Gasteiger partial charge in [0.05, 0.1) is 18.8 Å². The Labute approximate surface area is 201 Å². The summed E-state index contributed by atoms with van der Waals surface area (Å²) in [6.07, 6.45) is 0. The molecule has 2 N–H and O–H groups in total. The number of aryl methyl sites for hydroxylation is 1. The van der Waals surface area contributed by atoms with Crippen LogP contribution in [-0.2, 0) is 35.8 Å². The predicted molar refractivity (Wildman–Crippen MR) is 126 cm³/mol. The first-order valence-electron chi connectivity index (χ1n) is 11.4. The molecule has 0 bridgehead atoms. The number of carbonyl (C=O) groups is 3. The van der Waals surface area contributed by atoms with Gasteiger partial charge in [-0.05, 0) is 33.8 Å². The van der Waals surface area contributed by atoms with E-state index in [0.717, 1.165) is 0 Å². The Morgan fingerprint density at radius 1 is 1.09 bits per heavy atom.